The lowest BCUT2D eigenvalue weighted by atomic mass is 10.1. The summed E-state index contributed by atoms with van der Waals surface area (Å²) >= 11 is 0. The van der Waals surface area contributed by atoms with Crippen molar-refractivity contribution in [2.75, 3.05) is 12.2 Å². The fourth-order valence-electron chi connectivity index (χ4n) is 2.10. The molecule has 5 nitrogen and oxygen atoms in total. The van der Waals surface area contributed by atoms with Gasteiger partial charge in [-0.1, -0.05) is 19.1 Å². The number of anilines is 1. The number of amides is 1. The molecule has 0 bridgehead atoms. The topological polar surface area (TPSA) is 59.0 Å². The van der Waals surface area contributed by atoms with Gasteiger partial charge in [0.25, 0.3) is 0 Å². The third-order valence-electron chi connectivity index (χ3n) is 3.45. The Morgan fingerprint density at radius 3 is 2.58 bits per heavy atom. The number of rotatable bonds is 5. The Balaban J connectivity index is 2.25. The number of nitrogens with zero attached hydrogens (tertiary/aromatic N) is 1. The van der Waals surface area contributed by atoms with Crippen molar-refractivity contribution < 1.29 is 28.3 Å². The number of benzene rings is 2. The van der Waals surface area contributed by atoms with Crippen LogP contribution in [0.2, 0.25) is 0 Å². The first-order valence-corrected chi connectivity index (χ1v) is 7.23. The Morgan fingerprint density at radius 2 is 1.96 bits per heavy atom. The molecule has 2 rings (SSSR count). The van der Waals surface area contributed by atoms with Gasteiger partial charge >= 0.3 is 6.09 Å². The predicted octanol–water partition coefficient (Wildman–Crippen LogP) is 4.07. The fraction of sp³-hybridized carbons (Fsp3) is 0.235. The van der Waals surface area contributed by atoms with Crippen LogP contribution in [0.5, 0.6) is 5.75 Å². The summed E-state index contributed by atoms with van der Waals surface area (Å²) in [5.41, 5.74) is 0.551. The molecular formula is C17H17F2NO4. The zero-order chi connectivity index (χ0) is 17.7. The lowest BCUT2D eigenvalue weighted by molar-refractivity contribution is 0.140. The van der Waals surface area contributed by atoms with Crippen LogP contribution in [-0.2, 0) is 17.8 Å². The molecule has 0 saturated carbocycles. The van der Waals surface area contributed by atoms with E-state index in [0.717, 1.165) is 18.7 Å². The highest BCUT2D eigenvalue weighted by atomic mass is 19.1. The van der Waals surface area contributed by atoms with E-state index in [1.807, 2.05) is 6.92 Å². The average Bonchev–Trinajstić information content (AvgIpc) is 2.59. The molecule has 0 unspecified atom stereocenters. The Kier molecular flexibility index (Phi) is 5.70. The number of hydroxylamine groups is 1. The molecule has 0 saturated heterocycles. The molecular weight excluding hydrogens is 320 g/mol. The average molecular weight is 337 g/mol. The molecule has 1 N–H and O–H groups in total. The Bertz CT molecular complexity index is 737. The van der Waals surface area contributed by atoms with Gasteiger partial charge in [-0.05, 0) is 36.2 Å². The number of methoxy groups -OCH3 is 1. The summed E-state index contributed by atoms with van der Waals surface area (Å²) in [7, 11) is 1.08. The summed E-state index contributed by atoms with van der Waals surface area (Å²) in [6, 6.07) is 8.26. The lowest BCUT2D eigenvalue weighted by Gasteiger charge is -2.18. The molecule has 0 spiro atoms. The summed E-state index contributed by atoms with van der Waals surface area (Å²) in [5.74, 6) is -1.33. The van der Waals surface area contributed by atoms with Crippen LogP contribution >= 0.6 is 0 Å². The monoisotopic (exact) mass is 337 g/mol. The molecule has 0 heterocycles. The molecule has 0 radical (unpaired) electrons. The van der Waals surface area contributed by atoms with Crippen molar-refractivity contribution in [1.29, 1.82) is 0 Å². The second-order valence-electron chi connectivity index (χ2n) is 4.93. The van der Waals surface area contributed by atoms with Crippen LogP contribution in [0.25, 0.3) is 0 Å². The third kappa shape index (κ3) is 3.80. The summed E-state index contributed by atoms with van der Waals surface area (Å²) < 4.78 is 37.7. The molecule has 1 amide bonds. The standard InChI is InChI=1S/C17H17F2NO4/c1-3-11-7-8-16(14(19)9-11)24-10-12-13(18)5-4-6-15(12)20(22)17(21)23-2/h4-9,22H,3,10H2,1-2H3. The van der Waals surface area contributed by atoms with Gasteiger partial charge in [0.2, 0.25) is 0 Å². The van der Waals surface area contributed by atoms with Gasteiger partial charge in [-0.2, -0.15) is 5.06 Å². The van der Waals surface area contributed by atoms with E-state index in [1.165, 1.54) is 24.3 Å². The number of halogens is 2. The van der Waals surface area contributed by atoms with Gasteiger partial charge in [0.1, 0.15) is 12.4 Å². The number of ether oxygens (including phenoxy) is 2. The van der Waals surface area contributed by atoms with Crippen molar-refractivity contribution in [1.82, 2.24) is 0 Å². The van der Waals surface area contributed by atoms with Gasteiger partial charge in [0.05, 0.1) is 18.4 Å². The molecule has 2 aromatic rings. The highest BCUT2D eigenvalue weighted by Crippen LogP contribution is 2.26. The molecule has 0 fully saturated rings. The highest BCUT2D eigenvalue weighted by molar-refractivity contribution is 5.85. The molecule has 0 atom stereocenters. The van der Waals surface area contributed by atoms with Crippen molar-refractivity contribution >= 4 is 11.8 Å². The minimum Gasteiger partial charge on any atom is -0.486 e. The molecule has 2 aromatic carbocycles. The van der Waals surface area contributed by atoms with Crippen LogP contribution in [0, 0.1) is 11.6 Å². The van der Waals surface area contributed by atoms with E-state index >= 15 is 0 Å². The van der Waals surface area contributed by atoms with Crippen molar-refractivity contribution in [2.45, 2.75) is 20.0 Å². The Hall–Kier alpha value is -2.67. The molecule has 24 heavy (non-hydrogen) atoms. The van der Waals surface area contributed by atoms with Crippen LogP contribution in [-0.4, -0.2) is 18.4 Å². The summed E-state index contributed by atoms with van der Waals surface area (Å²) in [4.78, 5) is 11.4. The zero-order valence-electron chi connectivity index (χ0n) is 13.3. The van der Waals surface area contributed by atoms with E-state index in [-0.39, 0.29) is 28.7 Å². The van der Waals surface area contributed by atoms with Gasteiger partial charge in [-0.3, -0.25) is 5.21 Å². The number of hydrogen-bond donors (Lipinski definition) is 1. The van der Waals surface area contributed by atoms with Crippen molar-refractivity contribution in [3.05, 3.63) is 59.2 Å². The first-order valence-electron chi connectivity index (χ1n) is 7.23. The summed E-state index contributed by atoms with van der Waals surface area (Å²) in [6.45, 7) is 1.52. The van der Waals surface area contributed by atoms with Crippen molar-refractivity contribution in [2.24, 2.45) is 0 Å². The van der Waals surface area contributed by atoms with Crippen LogP contribution in [0.15, 0.2) is 36.4 Å². The normalized spacial score (nSPS) is 10.4. The quantitative estimate of drug-likeness (QED) is 0.660. The van der Waals surface area contributed by atoms with E-state index < -0.39 is 17.7 Å². The Morgan fingerprint density at radius 1 is 1.21 bits per heavy atom. The largest absolute Gasteiger partial charge is 0.486 e. The van der Waals surface area contributed by atoms with Gasteiger partial charge in [0.15, 0.2) is 11.6 Å². The minimum atomic E-state index is -1.08. The maximum atomic E-state index is 14.0. The maximum absolute atomic E-state index is 14.0. The highest BCUT2D eigenvalue weighted by Gasteiger charge is 2.20. The van der Waals surface area contributed by atoms with Crippen LogP contribution in [0.1, 0.15) is 18.1 Å². The van der Waals surface area contributed by atoms with Crippen LogP contribution < -0.4 is 9.80 Å². The lowest BCUT2D eigenvalue weighted by Crippen LogP contribution is -2.28. The van der Waals surface area contributed by atoms with Gasteiger partial charge < -0.3 is 9.47 Å². The molecule has 0 aliphatic carbocycles. The number of hydrogen-bond acceptors (Lipinski definition) is 4. The van der Waals surface area contributed by atoms with E-state index in [4.69, 9.17) is 4.74 Å². The number of aryl methyl sites for hydroxylation is 1. The van der Waals surface area contributed by atoms with Crippen molar-refractivity contribution in [3.8, 4) is 5.75 Å². The molecule has 0 aliphatic heterocycles. The van der Waals surface area contributed by atoms with E-state index in [1.54, 1.807) is 6.07 Å². The van der Waals surface area contributed by atoms with Gasteiger partial charge in [-0.15, -0.1) is 0 Å². The molecule has 7 heteroatoms. The minimum absolute atomic E-state index is 0.0519. The van der Waals surface area contributed by atoms with Crippen molar-refractivity contribution in [3.63, 3.8) is 0 Å². The molecule has 0 aromatic heterocycles. The Labute approximate surface area is 138 Å². The summed E-state index contributed by atoms with van der Waals surface area (Å²) in [6.07, 6.45) is -0.409. The predicted molar refractivity (Wildman–Crippen MR) is 83.2 cm³/mol. The number of carbonyl (C=O) groups is 1. The van der Waals surface area contributed by atoms with E-state index in [0.29, 0.717) is 6.42 Å². The van der Waals surface area contributed by atoms with Crippen LogP contribution in [0.3, 0.4) is 0 Å². The summed E-state index contributed by atoms with van der Waals surface area (Å²) in [5, 5.41) is 9.94. The first-order chi connectivity index (χ1) is 11.5. The van der Waals surface area contributed by atoms with Crippen LogP contribution in [0.4, 0.5) is 19.3 Å². The number of carbonyl (C=O) groups excluding carboxylic acids is 1. The molecule has 0 aliphatic rings. The van der Waals surface area contributed by atoms with E-state index in [2.05, 4.69) is 4.74 Å². The smallest absolute Gasteiger partial charge is 0.438 e. The SMILES string of the molecule is CCc1ccc(OCc2c(F)cccc2N(O)C(=O)OC)c(F)c1. The zero-order valence-corrected chi connectivity index (χ0v) is 13.3. The van der Waals surface area contributed by atoms with Gasteiger partial charge in [-0.25, -0.2) is 13.6 Å². The second kappa shape index (κ2) is 7.74. The maximum Gasteiger partial charge on any atom is 0.438 e. The van der Waals surface area contributed by atoms with E-state index in [9.17, 15) is 18.8 Å². The van der Waals surface area contributed by atoms with Gasteiger partial charge in [0, 0.05) is 0 Å². The fourth-order valence-corrected chi connectivity index (χ4v) is 2.10. The first kappa shape index (κ1) is 17.7. The second-order valence-corrected chi connectivity index (χ2v) is 4.93. The molecule has 128 valence electrons. The third-order valence-corrected chi connectivity index (χ3v) is 3.45.